The number of carbonyl (C=O) groups is 1. The smallest absolute Gasteiger partial charge is 0.338 e. The second-order valence-corrected chi connectivity index (χ2v) is 6.68. The van der Waals surface area contributed by atoms with Crippen LogP contribution in [0.25, 0.3) is 11.1 Å². The van der Waals surface area contributed by atoms with Crippen LogP contribution in [0.1, 0.15) is 42.3 Å². The van der Waals surface area contributed by atoms with Crippen molar-refractivity contribution in [3.8, 4) is 17.0 Å². The van der Waals surface area contributed by atoms with Gasteiger partial charge in [0.15, 0.2) is 0 Å². The number of aromatic nitrogens is 1. The first-order valence-electron chi connectivity index (χ1n) is 8.98. The summed E-state index contributed by atoms with van der Waals surface area (Å²) in [5.74, 6) is -0.501. The van der Waals surface area contributed by atoms with E-state index in [0.29, 0.717) is 29.6 Å². The Kier molecular flexibility index (Phi) is 6.91. The van der Waals surface area contributed by atoms with E-state index in [-0.39, 0.29) is 0 Å². The highest BCUT2D eigenvalue weighted by Gasteiger charge is 2.20. The topological polar surface area (TPSA) is 51.7 Å². The first-order valence-corrected chi connectivity index (χ1v) is 8.98. The molecule has 0 unspecified atom stereocenters. The third-order valence-corrected chi connectivity index (χ3v) is 4.69. The van der Waals surface area contributed by atoms with Crippen LogP contribution < -0.4 is 4.74 Å². The fourth-order valence-electron chi connectivity index (χ4n) is 3.08. The summed E-state index contributed by atoms with van der Waals surface area (Å²) in [4.78, 5) is 18.3. The standard InChI is InChI=1S/C21H27FN2O3/c1-7-24(13(2)3)12-15-9-16(21(25)27-6)14(4)8-17(15)18-10-20(26-5)23-11-19(18)22/h8-11,13H,7,12H2,1-6H3. The number of esters is 1. The molecule has 0 atom stereocenters. The van der Waals surface area contributed by atoms with Crippen LogP contribution in [0.2, 0.25) is 0 Å². The predicted molar refractivity (Wildman–Crippen MR) is 103 cm³/mol. The largest absolute Gasteiger partial charge is 0.481 e. The minimum atomic E-state index is -0.435. The molecule has 1 heterocycles. The van der Waals surface area contributed by atoms with Crippen LogP contribution in [0, 0.1) is 12.7 Å². The molecule has 0 aliphatic carbocycles. The van der Waals surface area contributed by atoms with E-state index in [1.165, 1.54) is 14.2 Å². The molecule has 1 aromatic carbocycles. The number of carbonyl (C=O) groups excluding carboxylic acids is 1. The van der Waals surface area contributed by atoms with Gasteiger partial charge in [0, 0.05) is 24.2 Å². The van der Waals surface area contributed by atoms with E-state index in [1.54, 1.807) is 12.1 Å². The molecule has 0 spiro atoms. The van der Waals surface area contributed by atoms with Gasteiger partial charge < -0.3 is 9.47 Å². The van der Waals surface area contributed by atoms with Crippen molar-refractivity contribution in [3.05, 3.63) is 46.9 Å². The van der Waals surface area contributed by atoms with Crippen molar-refractivity contribution in [2.75, 3.05) is 20.8 Å². The Morgan fingerprint density at radius 3 is 2.48 bits per heavy atom. The van der Waals surface area contributed by atoms with Crippen LogP contribution in [0.15, 0.2) is 24.4 Å². The van der Waals surface area contributed by atoms with Crippen LogP contribution in [0.4, 0.5) is 4.39 Å². The first kappa shape index (κ1) is 20.8. The maximum absolute atomic E-state index is 14.6. The van der Waals surface area contributed by atoms with Gasteiger partial charge in [0.2, 0.25) is 5.88 Å². The van der Waals surface area contributed by atoms with Crippen LogP contribution in [0.5, 0.6) is 5.88 Å². The van der Waals surface area contributed by atoms with Crippen LogP contribution in [0.3, 0.4) is 0 Å². The van der Waals surface area contributed by atoms with E-state index in [9.17, 15) is 9.18 Å². The summed E-state index contributed by atoms with van der Waals surface area (Å²) in [7, 11) is 2.85. The Bertz CT molecular complexity index is 821. The second-order valence-electron chi connectivity index (χ2n) is 6.68. The molecule has 0 fully saturated rings. The van der Waals surface area contributed by atoms with E-state index in [1.807, 2.05) is 13.0 Å². The Morgan fingerprint density at radius 2 is 1.93 bits per heavy atom. The van der Waals surface area contributed by atoms with Crippen molar-refractivity contribution in [3.63, 3.8) is 0 Å². The Balaban J connectivity index is 2.68. The van der Waals surface area contributed by atoms with Crippen LogP contribution in [-0.4, -0.2) is 42.7 Å². The average molecular weight is 374 g/mol. The predicted octanol–water partition coefficient (Wildman–Crippen LogP) is 4.22. The number of nitrogens with zero attached hydrogens (tertiary/aromatic N) is 2. The summed E-state index contributed by atoms with van der Waals surface area (Å²) in [6.45, 7) is 9.52. The van der Waals surface area contributed by atoms with Gasteiger partial charge in [-0.2, -0.15) is 0 Å². The van der Waals surface area contributed by atoms with Gasteiger partial charge in [-0.3, -0.25) is 4.90 Å². The number of pyridine rings is 1. The zero-order chi connectivity index (χ0) is 20.1. The lowest BCUT2D eigenvalue weighted by atomic mass is 9.93. The fraction of sp³-hybridized carbons (Fsp3) is 0.429. The van der Waals surface area contributed by atoms with Gasteiger partial charge in [-0.25, -0.2) is 14.2 Å². The molecule has 27 heavy (non-hydrogen) atoms. The van der Waals surface area contributed by atoms with Crippen molar-refractivity contribution in [1.82, 2.24) is 9.88 Å². The quantitative estimate of drug-likeness (QED) is 0.679. The minimum Gasteiger partial charge on any atom is -0.481 e. The fourth-order valence-corrected chi connectivity index (χ4v) is 3.08. The molecule has 0 amide bonds. The number of halogens is 1. The Labute approximate surface area is 160 Å². The van der Waals surface area contributed by atoms with Gasteiger partial charge in [-0.1, -0.05) is 13.0 Å². The van der Waals surface area contributed by atoms with Crippen LogP contribution in [-0.2, 0) is 11.3 Å². The zero-order valence-electron chi connectivity index (χ0n) is 16.8. The summed E-state index contributed by atoms with van der Waals surface area (Å²) in [6.07, 6.45) is 1.15. The molecular formula is C21H27FN2O3. The van der Waals surface area contributed by atoms with Crippen molar-refractivity contribution < 1.29 is 18.7 Å². The maximum atomic E-state index is 14.6. The first-order chi connectivity index (χ1) is 12.8. The molecule has 0 bridgehead atoms. The third-order valence-electron chi connectivity index (χ3n) is 4.69. The van der Waals surface area contributed by atoms with E-state index >= 15 is 0 Å². The van der Waals surface area contributed by atoms with Crippen molar-refractivity contribution in [2.24, 2.45) is 0 Å². The van der Waals surface area contributed by atoms with Crippen molar-refractivity contribution >= 4 is 5.97 Å². The normalized spacial score (nSPS) is 11.1. The van der Waals surface area contributed by atoms with Gasteiger partial charge in [0.05, 0.1) is 26.0 Å². The summed E-state index contributed by atoms with van der Waals surface area (Å²) in [6, 6.07) is 5.51. The number of hydrogen-bond donors (Lipinski definition) is 0. The number of benzene rings is 1. The molecule has 0 radical (unpaired) electrons. The van der Waals surface area contributed by atoms with E-state index in [2.05, 4.69) is 30.7 Å². The van der Waals surface area contributed by atoms with Crippen molar-refractivity contribution in [2.45, 2.75) is 40.3 Å². The van der Waals surface area contributed by atoms with Gasteiger partial charge in [-0.05, 0) is 50.1 Å². The van der Waals surface area contributed by atoms with Gasteiger partial charge in [-0.15, -0.1) is 0 Å². The summed E-state index contributed by atoms with van der Waals surface area (Å²) in [5, 5.41) is 0. The lowest BCUT2D eigenvalue weighted by Crippen LogP contribution is -2.30. The molecule has 6 heteroatoms. The lowest BCUT2D eigenvalue weighted by Gasteiger charge is -2.26. The molecule has 2 aromatic rings. The highest BCUT2D eigenvalue weighted by Crippen LogP contribution is 2.32. The monoisotopic (exact) mass is 374 g/mol. The number of rotatable bonds is 7. The molecule has 1 aromatic heterocycles. The molecule has 2 rings (SSSR count). The maximum Gasteiger partial charge on any atom is 0.338 e. The van der Waals surface area contributed by atoms with Crippen LogP contribution >= 0.6 is 0 Å². The van der Waals surface area contributed by atoms with E-state index in [0.717, 1.165) is 29.4 Å². The summed E-state index contributed by atoms with van der Waals surface area (Å²) in [5.41, 5.74) is 3.18. The molecule has 0 saturated heterocycles. The molecule has 5 nitrogen and oxygen atoms in total. The van der Waals surface area contributed by atoms with E-state index in [4.69, 9.17) is 9.47 Å². The molecule has 0 saturated carbocycles. The Morgan fingerprint density at radius 1 is 1.22 bits per heavy atom. The summed E-state index contributed by atoms with van der Waals surface area (Å²) < 4.78 is 24.6. The molecule has 0 aliphatic heterocycles. The minimum absolute atomic E-state index is 0.308. The van der Waals surface area contributed by atoms with Gasteiger partial charge >= 0.3 is 5.97 Å². The SMILES string of the molecule is CCN(Cc1cc(C(=O)OC)c(C)cc1-c1cc(OC)ncc1F)C(C)C. The number of methoxy groups -OCH3 is 2. The Hall–Kier alpha value is -2.47. The lowest BCUT2D eigenvalue weighted by molar-refractivity contribution is 0.0599. The molecule has 0 N–H and O–H groups in total. The zero-order valence-corrected chi connectivity index (χ0v) is 16.8. The highest BCUT2D eigenvalue weighted by molar-refractivity contribution is 5.92. The van der Waals surface area contributed by atoms with Crippen molar-refractivity contribution in [1.29, 1.82) is 0 Å². The number of ether oxygens (including phenoxy) is 2. The number of hydrogen-bond acceptors (Lipinski definition) is 5. The molecular weight excluding hydrogens is 347 g/mol. The number of aryl methyl sites for hydroxylation is 1. The van der Waals surface area contributed by atoms with E-state index < -0.39 is 11.8 Å². The summed E-state index contributed by atoms with van der Waals surface area (Å²) >= 11 is 0. The molecule has 146 valence electrons. The van der Waals surface area contributed by atoms with Gasteiger partial charge in [0.25, 0.3) is 0 Å². The highest BCUT2D eigenvalue weighted by atomic mass is 19.1. The average Bonchev–Trinajstić information content (AvgIpc) is 2.66. The van der Waals surface area contributed by atoms with Gasteiger partial charge in [0.1, 0.15) is 5.82 Å². The second kappa shape index (κ2) is 8.95. The third kappa shape index (κ3) is 4.63. The molecule has 0 aliphatic rings.